The Hall–Kier alpha value is -6.34. The molecule has 2 amide bonds. The molecular weight excluding hydrogens is 1230 g/mol. The van der Waals surface area contributed by atoms with Crippen molar-refractivity contribution >= 4 is 70.2 Å². The number of hydrogen-bond acceptors (Lipinski definition) is 12. The van der Waals surface area contributed by atoms with E-state index < -0.39 is 23.1 Å². The highest BCUT2D eigenvalue weighted by Gasteiger charge is 2.49. The molecule has 4 aromatic carbocycles. The second-order valence-corrected chi connectivity index (χ2v) is 25.8. The van der Waals surface area contributed by atoms with Crippen LogP contribution in [0.1, 0.15) is 124 Å². The molecule has 10 rings (SSSR count). The molecule has 0 aliphatic heterocycles. The summed E-state index contributed by atoms with van der Waals surface area (Å²) < 4.78 is 25.6. The third kappa shape index (κ3) is 19.1. The van der Waals surface area contributed by atoms with Gasteiger partial charge in [0.25, 0.3) is 0 Å². The summed E-state index contributed by atoms with van der Waals surface area (Å²) >= 11 is 26.8. The molecule has 0 atom stereocenters. The zero-order chi connectivity index (χ0) is 64.0. The van der Waals surface area contributed by atoms with Crippen LogP contribution in [0.15, 0.2) is 110 Å². The van der Waals surface area contributed by atoms with Gasteiger partial charge in [-0.15, -0.1) is 0 Å². The average molecular weight is 1310 g/mol. The number of para-hydroxylation sites is 2. The van der Waals surface area contributed by atoms with E-state index in [1.807, 2.05) is 99.3 Å². The van der Waals surface area contributed by atoms with Crippen molar-refractivity contribution in [2.75, 3.05) is 66.5 Å². The Labute approximate surface area is 548 Å². The first-order chi connectivity index (χ1) is 43.3. The van der Waals surface area contributed by atoms with Gasteiger partial charge in [0.1, 0.15) is 11.5 Å². The van der Waals surface area contributed by atoms with E-state index in [0.29, 0.717) is 71.9 Å². The molecule has 0 spiro atoms. The molecule has 2 heterocycles. The summed E-state index contributed by atoms with van der Waals surface area (Å²) in [6.45, 7) is 5.93. The SMILES string of the molecule is CC(=O)N(C)CCCCc1cc(Cl)c(COC2(c3cnccc3-c3ccccc3OC3CC3)CC2)cc1Cl.CCN(CCN(CC(=O)O)CC(=O)N(C)CCCCc1cc(Cl)c(COC2(c3cnccc3-c3ccccc3OC3CC3)CC2)cc1Cl)CC(=O)O. The number of carbonyl (C=O) groups excluding carboxylic acids is 2. The highest BCUT2D eigenvalue weighted by molar-refractivity contribution is 6.34. The third-order valence-electron chi connectivity index (χ3n) is 17.1. The van der Waals surface area contributed by atoms with E-state index in [-0.39, 0.29) is 44.1 Å². The lowest BCUT2D eigenvalue weighted by Gasteiger charge is -2.26. The number of unbranched alkanes of at least 4 members (excludes halogenated alkanes) is 2. The lowest BCUT2D eigenvalue weighted by Crippen LogP contribution is -2.44. The lowest BCUT2D eigenvalue weighted by atomic mass is 9.96. The quantitative estimate of drug-likeness (QED) is 0.0364. The molecular formula is C70H82Cl4N6O10. The summed E-state index contributed by atoms with van der Waals surface area (Å²) in [6, 6.07) is 28.1. The first kappa shape index (κ1) is 68.0. The number of nitrogens with zero attached hydrogens (tertiary/aromatic N) is 6. The molecule has 16 nitrogen and oxygen atoms in total. The molecule has 90 heavy (non-hydrogen) atoms. The first-order valence-electron chi connectivity index (χ1n) is 31.3. The van der Waals surface area contributed by atoms with Crippen molar-refractivity contribution in [2.45, 2.75) is 140 Å². The fraction of sp³-hybridized carbons (Fsp3) is 0.457. The second-order valence-electron chi connectivity index (χ2n) is 24.1. The van der Waals surface area contributed by atoms with Gasteiger partial charge in [0.15, 0.2) is 0 Å². The molecule has 0 unspecified atom stereocenters. The van der Waals surface area contributed by atoms with Gasteiger partial charge in [-0.3, -0.25) is 38.9 Å². The average Bonchev–Trinajstić information content (AvgIpc) is 1.59. The number of carboxylic acids is 2. The fourth-order valence-corrected chi connectivity index (χ4v) is 12.0. The third-order valence-corrected chi connectivity index (χ3v) is 18.5. The van der Waals surface area contributed by atoms with Crippen molar-refractivity contribution < 1.29 is 48.3 Å². The van der Waals surface area contributed by atoms with Crippen LogP contribution in [0.25, 0.3) is 22.3 Å². The van der Waals surface area contributed by atoms with E-state index in [1.165, 1.54) is 4.90 Å². The summed E-state index contributed by atoms with van der Waals surface area (Å²) in [7, 11) is 3.52. The van der Waals surface area contributed by atoms with Crippen LogP contribution in [-0.4, -0.2) is 142 Å². The number of aromatic nitrogens is 2. The maximum Gasteiger partial charge on any atom is 0.317 e. The number of likely N-dealkylation sites (N-methyl/N-ethyl adjacent to an activating group) is 2. The van der Waals surface area contributed by atoms with Gasteiger partial charge in [-0.2, -0.15) is 0 Å². The Balaban J connectivity index is 0.000000224. The minimum atomic E-state index is -1.05. The van der Waals surface area contributed by atoms with E-state index in [9.17, 15) is 24.3 Å². The minimum Gasteiger partial charge on any atom is -0.490 e. The van der Waals surface area contributed by atoms with Gasteiger partial charge in [0.2, 0.25) is 11.8 Å². The Morgan fingerprint density at radius 2 is 0.944 bits per heavy atom. The van der Waals surface area contributed by atoms with Crippen LogP contribution in [0.4, 0.5) is 0 Å². The van der Waals surface area contributed by atoms with Crippen LogP contribution in [0.2, 0.25) is 20.1 Å². The van der Waals surface area contributed by atoms with Gasteiger partial charge in [-0.25, -0.2) is 0 Å². The van der Waals surface area contributed by atoms with Crippen LogP contribution in [0.3, 0.4) is 0 Å². The lowest BCUT2D eigenvalue weighted by molar-refractivity contribution is -0.141. The number of aryl methyl sites for hydroxylation is 2. The molecule has 0 bridgehead atoms. The van der Waals surface area contributed by atoms with Crippen LogP contribution < -0.4 is 9.47 Å². The molecule has 0 radical (unpaired) electrons. The summed E-state index contributed by atoms with van der Waals surface area (Å²) in [5.74, 6) is -0.323. The van der Waals surface area contributed by atoms with E-state index in [4.69, 9.17) is 70.5 Å². The van der Waals surface area contributed by atoms with Gasteiger partial charge in [0, 0.05) is 114 Å². The van der Waals surface area contributed by atoms with Gasteiger partial charge in [0.05, 0.1) is 56.3 Å². The van der Waals surface area contributed by atoms with E-state index >= 15 is 0 Å². The molecule has 20 heteroatoms. The number of carbonyl (C=O) groups is 4. The number of hydrogen-bond donors (Lipinski definition) is 2. The number of benzene rings is 4. The van der Waals surface area contributed by atoms with Crippen LogP contribution in [-0.2, 0) is 65.9 Å². The maximum atomic E-state index is 12.9. The zero-order valence-corrected chi connectivity index (χ0v) is 54.9. The molecule has 4 fully saturated rings. The number of rotatable bonds is 34. The number of amides is 2. The maximum absolute atomic E-state index is 12.9. The largest absolute Gasteiger partial charge is 0.490 e. The number of carboxylic acid groups (broad SMARTS) is 2. The van der Waals surface area contributed by atoms with Gasteiger partial charge >= 0.3 is 11.9 Å². The molecule has 4 aliphatic carbocycles. The predicted molar refractivity (Wildman–Crippen MR) is 352 cm³/mol. The van der Waals surface area contributed by atoms with Crippen molar-refractivity contribution in [3.05, 3.63) is 163 Å². The van der Waals surface area contributed by atoms with Crippen LogP contribution in [0, 0.1) is 0 Å². The summed E-state index contributed by atoms with van der Waals surface area (Å²) in [5, 5.41) is 21.0. The minimum absolute atomic E-state index is 0.0656. The smallest absolute Gasteiger partial charge is 0.317 e. The second kappa shape index (κ2) is 31.8. The Kier molecular flexibility index (Phi) is 24.0. The van der Waals surface area contributed by atoms with Crippen LogP contribution in [0.5, 0.6) is 11.5 Å². The Bertz CT molecular complexity index is 3470. The molecule has 4 saturated carbocycles. The van der Waals surface area contributed by atoms with Crippen molar-refractivity contribution in [2.24, 2.45) is 0 Å². The number of ether oxygens (including phenoxy) is 4. The number of pyridine rings is 2. The molecule has 480 valence electrons. The number of halogens is 4. The standard InChI is InChI=1S/C39H48Cl2N4O7.C31H34Cl2N2O3/c1-3-44(24-37(47)48)18-19-45(25-38(49)50)23-36(46)43(2)17-7-6-8-27-20-34(41)28(21-33(27)40)26-51-39(14-15-39)32-22-42-16-13-30(32)31-9-4-5-10-35(31)52-29-11-12-29;1-21(36)35(2)16-6-5-7-22-17-29(33)23(18-28(22)32)20-37-31(13-14-31)27-19-34-15-12-25(27)26-8-3-4-9-30(26)38-24-10-11-24/h4-5,9-10,13,16,20-22,29H,3,6-8,11-12,14-15,17-19,23-26H2,1-2H3,(H,47,48)(H,49,50);3-4,8-9,12,15,17-19,24H,5-7,10-11,13-14,16,20H2,1-2H3. The van der Waals surface area contributed by atoms with E-state index in [2.05, 4.69) is 28.2 Å². The zero-order valence-electron chi connectivity index (χ0n) is 51.9. The van der Waals surface area contributed by atoms with Gasteiger partial charge in [-0.05, 0) is 178 Å². The highest BCUT2D eigenvalue weighted by Crippen LogP contribution is 2.55. The normalized spacial score (nSPS) is 15.2. The topological polar surface area (TPSA) is 184 Å². The van der Waals surface area contributed by atoms with Crippen molar-refractivity contribution in [1.29, 1.82) is 0 Å². The molecule has 6 aromatic rings. The summed E-state index contributed by atoms with van der Waals surface area (Å²) in [5.41, 5.74) is 9.17. The Morgan fingerprint density at radius 1 is 0.533 bits per heavy atom. The summed E-state index contributed by atoms with van der Waals surface area (Å²) in [6.07, 6.45) is 20.9. The molecule has 0 saturated heterocycles. The van der Waals surface area contributed by atoms with E-state index in [1.54, 1.807) is 34.9 Å². The summed E-state index contributed by atoms with van der Waals surface area (Å²) in [4.78, 5) is 62.2. The van der Waals surface area contributed by atoms with Gasteiger partial charge < -0.3 is 39.0 Å². The monoisotopic (exact) mass is 1310 g/mol. The van der Waals surface area contributed by atoms with Crippen molar-refractivity contribution in [1.82, 2.24) is 29.6 Å². The molecule has 2 aromatic heterocycles. The highest BCUT2D eigenvalue weighted by atomic mass is 35.5. The predicted octanol–water partition coefficient (Wildman–Crippen LogP) is 14.0. The Morgan fingerprint density at radius 3 is 1.37 bits per heavy atom. The number of aliphatic carboxylic acids is 2. The van der Waals surface area contributed by atoms with Gasteiger partial charge in [-0.1, -0.05) is 89.7 Å². The first-order valence-corrected chi connectivity index (χ1v) is 32.8. The van der Waals surface area contributed by atoms with Crippen LogP contribution >= 0.6 is 46.4 Å². The van der Waals surface area contributed by atoms with E-state index in [0.717, 1.165) is 151 Å². The fourth-order valence-electron chi connectivity index (χ4n) is 11.0. The van der Waals surface area contributed by atoms with Crippen molar-refractivity contribution in [3.63, 3.8) is 0 Å². The van der Waals surface area contributed by atoms with Crippen molar-refractivity contribution in [3.8, 4) is 33.8 Å². The molecule has 2 N–H and O–H groups in total. The molecule has 4 aliphatic rings.